The fourth-order valence-electron chi connectivity index (χ4n) is 2.38. The summed E-state index contributed by atoms with van der Waals surface area (Å²) in [4.78, 5) is 26.3. The van der Waals surface area contributed by atoms with E-state index in [1.807, 2.05) is 13.8 Å². The molecule has 0 aliphatic rings. The smallest absolute Gasteiger partial charge is 0.262 e. The van der Waals surface area contributed by atoms with Crippen molar-refractivity contribution in [3.63, 3.8) is 0 Å². The topological polar surface area (TPSA) is 58.6 Å². The molecular weight excluding hydrogens is 411 g/mol. The second kappa shape index (κ2) is 9.83. The van der Waals surface area contributed by atoms with Gasteiger partial charge in [0, 0.05) is 30.4 Å². The Bertz CT molecular complexity index is 839. The SMILES string of the molecule is CCN(CC)C(=O)c1cccc(NC(=O)COc2cc(Cl)c(Cl)cc2Cl)c1. The molecule has 5 nitrogen and oxygen atoms in total. The molecule has 0 radical (unpaired) electrons. The molecule has 0 fully saturated rings. The van der Waals surface area contributed by atoms with E-state index in [4.69, 9.17) is 39.5 Å². The van der Waals surface area contributed by atoms with Crippen LogP contribution in [0.25, 0.3) is 0 Å². The van der Waals surface area contributed by atoms with Gasteiger partial charge in [0.25, 0.3) is 11.8 Å². The van der Waals surface area contributed by atoms with Gasteiger partial charge in [0.1, 0.15) is 5.75 Å². The summed E-state index contributed by atoms with van der Waals surface area (Å²) in [6.07, 6.45) is 0. The molecule has 0 spiro atoms. The van der Waals surface area contributed by atoms with Gasteiger partial charge >= 0.3 is 0 Å². The monoisotopic (exact) mass is 428 g/mol. The molecule has 0 bridgehead atoms. The van der Waals surface area contributed by atoms with Crippen LogP contribution in [0.2, 0.25) is 15.1 Å². The molecule has 1 N–H and O–H groups in total. The Morgan fingerprint density at radius 3 is 2.33 bits per heavy atom. The van der Waals surface area contributed by atoms with Crippen molar-refractivity contribution in [2.75, 3.05) is 25.0 Å². The Balaban J connectivity index is 2.01. The standard InChI is InChI=1S/C19H19Cl3N2O3/c1-3-24(4-2)19(26)12-6-5-7-13(8-12)23-18(25)11-27-17-10-15(21)14(20)9-16(17)22/h5-10H,3-4,11H2,1-2H3,(H,23,25). The van der Waals surface area contributed by atoms with Gasteiger partial charge in [-0.15, -0.1) is 0 Å². The third kappa shape index (κ3) is 5.76. The van der Waals surface area contributed by atoms with Gasteiger partial charge < -0.3 is 15.0 Å². The second-order valence-electron chi connectivity index (χ2n) is 5.59. The van der Waals surface area contributed by atoms with E-state index < -0.39 is 5.91 Å². The van der Waals surface area contributed by atoms with Gasteiger partial charge in [-0.3, -0.25) is 9.59 Å². The highest BCUT2D eigenvalue weighted by atomic mass is 35.5. The molecule has 144 valence electrons. The summed E-state index contributed by atoms with van der Waals surface area (Å²) in [6, 6.07) is 9.64. The molecule has 2 aromatic carbocycles. The Kier molecular flexibility index (Phi) is 7.78. The fourth-order valence-corrected chi connectivity index (χ4v) is 2.97. The van der Waals surface area contributed by atoms with Crippen LogP contribution in [0.1, 0.15) is 24.2 Å². The number of ether oxygens (including phenoxy) is 1. The van der Waals surface area contributed by atoms with Crippen LogP contribution in [-0.4, -0.2) is 36.4 Å². The van der Waals surface area contributed by atoms with Crippen molar-refractivity contribution >= 4 is 52.3 Å². The molecule has 0 atom stereocenters. The predicted molar refractivity (Wildman–Crippen MR) is 109 cm³/mol. The first-order valence-corrected chi connectivity index (χ1v) is 9.45. The van der Waals surface area contributed by atoms with Crippen LogP contribution in [0.15, 0.2) is 36.4 Å². The van der Waals surface area contributed by atoms with Crippen molar-refractivity contribution in [2.45, 2.75) is 13.8 Å². The molecule has 0 saturated heterocycles. The normalized spacial score (nSPS) is 10.4. The summed E-state index contributed by atoms with van der Waals surface area (Å²) in [5.41, 5.74) is 1.01. The van der Waals surface area contributed by atoms with E-state index in [9.17, 15) is 9.59 Å². The number of anilines is 1. The van der Waals surface area contributed by atoms with Gasteiger partial charge in [0.2, 0.25) is 0 Å². The van der Waals surface area contributed by atoms with Gasteiger partial charge in [-0.25, -0.2) is 0 Å². The zero-order valence-electron chi connectivity index (χ0n) is 14.9. The summed E-state index contributed by atoms with van der Waals surface area (Å²) >= 11 is 17.8. The highest BCUT2D eigenvalue weighted by molar-refractivity contribution is 6.43. The number of nitrogens with one attached hydrogen (secondary N) is 1. The quantitative estimate of drug-likeness (QED) is 0.619. The third-order valence-electron chi connectivity index (χ3n) is 3.78. The summed E-state index contributed by atoms with van der Waals surface area (Å²) in [5.74, 6) is -0.230. The van der Waals surface area contributed by atoms with Crippen LogP contribution in [0.4, 0.5) is 5.69 Å². The number of nitrogens with zero attached hydrogens (tertiary/aromatic N) is 1. The number of hydrogen-bond acceptors (Lipinski definition) is 3. The lowest BCUT2D eigenvalue weighted by atomic mass is 10.1. The molecular formula is C19H19Cl3N2O3. The highest BCUT2D eigenvalue weighted by Crippen LogP contribution is 2.33. The first-order chi connectivity index (χ1) is 12.8. The van der Waals surface area contributed by atoms with Crippen molar-refractivity contribution in [2.24, 2.45) is 0 Å². The van der Waals surface area contributed by atoms with E-state index in [0.717, 1.165) is 0 Å². The molecule has 27 heavy (non-hydrogen) atoms. The number of benzene rings is 2. The Labute approximate surface area is 173 Å². The molecule has 0 aliphatic carbocycles. The zero-order chi connectivity index (χ0) is 20.0. The minimum Gasteiger partial charge on any atom is -0.482 e. The Morgan fingerprint density at radius 2 is 1.67 bits per heavy atom. The van der Waals surface area contributed by atoms with E-state index in [1.165, 1.54) is 12.1 Å². The second-order valence-corrected chi connectivity index (χ2v) is 6.81. The van der Waals surface area contributed by atoms with Crippen molar-refractivity contribution in [1.82, 2.24) is 4.90 Å². The van der Waals surface area contributed by atoms with Crippen molar-refractivity contribution in [3.8, 4) is 5.75 Å². The maximum atomic E-state index is 12.4. The lowest BCUT2D eigenvalue weighted by Gasteiger charge is -2.19. The summed E-state index contributed by atoms with van der Waals surface area (Å²) in [5, 5.41) is 3.52. The van der Waals surface area contributed by atoms with Gasteiger partial charge in [-0.2, -0.15) is 0 Å². The van der Waals surface area contributed by atoms with Gasteiger partial charge in [-0.05, 0) is 38.1 Å². The summed E-state index contributed by atoms with van der Waals surface area (Å²) in [6.45, 7) is 4.79. The molecule has 2 aromatic rings. The molecule has 0 unspecified atom stereocenters. The average Bonchev–Trinajstić information content (AvgIpc) is 2.64. The van der Waals surface area contributed by atoms with Crippen molar-refractivity contribution in [3.05, 3.63) is 57.0 Å². The van der Waals surface area contributed by atoms with E-state index >= 15 is 0 Å². The highest BCUT2D eigenvalue weighted by Gasteiger charge is 2.14. The number of rotatable bonds is 7. The van der Waals surface area contributed by atoms with Crippen molar-refractivity contribution < 1.29 is 14.3 Å². The fraction of sp³-hybridized carbons (Fsp3) is 0.263. The number of amides is 2. The Morgan fingerprint density at radius 1 is 1.00 bits per heavy atom. The van der Waals surface area contributed by atoms with E-state index in [-0.39, 0.29) is 28.3 Å². The number of halogens is 3. The molecule has 0 saturated carbocycles. The molecule has 8 heteroatoms. The lowest BCUT2D eigenvalue weighted by molar-refractivity contribution is -0.118. The number of hydrogen-bond donors (Lipinski definition) is 1. The predicted octanol–water partition coefficient (Wildman–Crippen LogP) is 5.15. The molecule has 2 rings (SSSR count). The van der Waals surface area contributed by atoms with E-state index in [2.05, 4.69) is 5.32 Å². The van der Waals surface area contributed by atoms with E-state index in [1.54, 1.807) is 29.2 Å². The largest absolute Gasteiger partial charge is 0.482 e. The minimum atomic E-state index is -0.399. The van der Waals surface area contributed by atoms with Crippen LogP contribution in [0.3, 0.4) is 0 Å². The van der Waals surface area contributed by atoms with Gasteiger partial charge in [-0.1, -0.05) is 40.9 Å². The molecule has 0 aliphatic heterocycles. The molecule has 0 heterocycles. The maximum absolute atomic E-state index is 12.4. The third-order valence-corrected chi connectivity index (χ3v) is 4.80. The number of carbonyl (C=O) groups excluding carboxylic acids is 2. The van der Waals surface area contributed by atoms with E-state index in [0.29, 0.717) is 29.4 Å². The Hall–Kier alpha value is -1.95. The first kappa shape index (κ1) is 21.4. The lowest BCUT2D eigenvalue weighted by Crippen LogP contribution is -2.30. The van der Waals surface area contributed by atoms with Gasteiger partial charge in [0.05, 0.1) is 15.1 Å². The first-order valence-electron chi connectivity index (χ1n) is 8.32. The van der Waals surface area contributed by atoms with Crippen LogP contribution in [0.5, 0.6) is 5.75 Å². The molecule has 2 amide bonds. The van der Waals surface area contributed by atoms with Crippen LogP contribution >= 0.6 is 34.8 Å². The molecule has 0 aromatic heterocycles. The summed E-state index contributed by atoms with van der Waals surface area (Å²) < 4.78 is 5.40. The van der Waals surface area contributed by atoms with Gasteiger partial charge in [0.15, 0.2) is 6.61 Å². The van der Waals surface area contributed by atoms with Crippen LogP contribution < -0.4 is 10.1 Å². The average molecular weight is 430 g/mol. The minimum absolute atomic E-state index is 0.0880. The zero-order valence-corrected chi connectivity index (χ0v) is 17.2. The number of carbonyl (C=O) groups is 2. The van der Waals surface area contributed by atoms with Crippen LogP contribution in [-0.2, 0) is 4.79 Å². The maximum Gasteiger partial charge on any atom is 0.262 e. The van der Waals surface area contributed by atoms with Crippen molar-refractivity contribution in [1.29, 1.82) is 0 Å². The summed E-state index contributed by atoms with van der Waals surface area (Å²) in [7, 11) is 0. The van der Waals surface area contributed by atoms with Crippen LogP contribution in [0, 0.1) is 0 Å².